The number of esters is 1. The van der Waals surface area contributed by atoms with Crippen molar-refractivity contribution in [2.45, 2.75) is 26.6 Å². The number of aryl methyl sites for hydroxylation is 1. The van der Waals surface area contributed by atoms with Crippen LogP contribution in [0.4, 0.5) is 13.2 Å². The lowest BCUT2D eigenvalue weighted by atomic mass is 10.0. The van der Waals surface area contributed by atoms with Crippen LogP contribution in [0.5, 0.6) is 0 Å². The topological polar surface area (TPSA) is 69.9 Å². The van der Waals surface area contributed by atoms with Gasteiger partial charge in [0.05, 0.1) is 24.3 Å². The zero-order valence-corrected chi connectivity index (χ0v) is 11.9. The molecule has 0 bridgehead atoms. The van der Waals surface area contributed by atoms with E-state index >= 15 is 0 Å². The lowest BCUT2D eigenvalue weighted by molar-refractivity contribution is -0.137. The minimum Gasteiger partial charge on any atom is -0.462 e. The minimum atomic E-state index is -4.51. The van der Waals surface area contributed by atoms with E-state index in [0.29, 0.717) is 5.82 Å². The van der Waals surface area contributed by atoms with Gasteiger partial charge in [-0.05, 0) is 42.8 Å². The molecular weight excluding hydrogens is 301 g/mol. The van der Waals surface area contributed by atoms with Gasteiger partial charge in [-0.1, -0.05) is 0 Å². The highest BCUT2D eigenvalue weighted by Crippen LogP contribution is 2.31. The van der Waals surface area contributed by atoms with E-state index in [1.165, 1.54) is 0 Å². The first-order valence-corrected chi connectivity index (χ1v) is 6.43. The zero-order chi connectivity index (χ0) is 16.3. The molecule has 0 unspecified atom stereocenters. The molecule has 0 spiro atoms. The monoisotopic (exact) mass is 314 g/mol. The summed E-state index contributed by atoms with van der Waals surface area (Å²) in [5.41, 5.74) is -0.692. The van der Waals surface area contributed by atoms with Crippen molar-refractivity contribution in [2.75, 3.05) is 6.61 Å². The summed E-state index contributed by atoms with van der Waals surface area (Å²) in [5.74, 6) is -0.312. The van der Waals surface area contributed by atoms with Gasteiger partial charge >= 0.3 is 12.1 Å². The fraction of sp³-hybridized carbons (Fsp3) is 0.385. The van der Waals surface area contributed by atoms with Gasteiger partial charge in [0.25, 0.3) is 0 Å². The number of nitrogens with zero attached hydrogens (tertiary/aromatic N) is 4. The predicted octanol–water partition coefficient (Wildman–Crippen LogP) is 2.23. The predicted molar refractivity (Wildman–Crippen MR) is 69.1 cm³/mol. The van der Waals surface area contributed by atoms with Crippen LogP contribution in [-0.2, 0) is 17.5 Å². The summed E-state index contributed by atoms with van der Waals surface area (Å²) in [5, 5.41) is 11.2. The Bertz CT molecular complexity index is 682. The van der Waals surface area contributed by atoms with Crippen molar-refractivity contribution in [1.29, 1.82) is 0 Å². The molecule has 9 heteroatoms. The molecule has 0 aliphatic heterocycles. The lowest BCUT2D eigenvalue weighted by Crippen LogP contribution is -2.15. The number of ether oxygens (including phenoxy) is 1. The van der Waals surface area contributed by atoms with E-state index in [0.717, 1.165) is 23.0 Å². The molecule has 0 aliphatic carbocycles. The summed E-state index contributed by atoms with van der Waals surface area (Å²) >= 11 is 0. The van der Waals surface area contributed by atoms with E-state index in [4.69, 9.17) is 4.74 Å². The Morgan fingerprint density at radius 1 is 1.36 bits per heavy atom. The van der Waals surface area contributed by atoms with Gasteiger partial charge < -0.3 is 4.74 Å². The molecule has 0 fully saturated rings. The number of aromatic nitrogens is 4. The Hall–Kier alpha value is -2.45. The smallest absolute Gasteiger partial charge is 0.416 e. The van der Waals surface area contributed by atoms with Crippen LogP contribution in [0.1, 0.15) is 34.2 Å². The molecule has 2 aromatic rings. The standard InChI is InChI=1S/C13H13F3N4O2/c1-3-22-12(21)11-5-4-10(13(14,15)16)6-9(11)7-20-18-8(2)17-19-20/h4-6H,3,7H2,1-2H3. The normalized spacial score (nSPS) is 11.5. The van der Waals surface area contributed by atoms with Crippen molar-refractivity contribution in [3.63, 3.8) is 0 Å². The summed E-state index contributed by atoms with van der Waals surface area (Å²) in [6.07, 6.45) is -4.51. The fourth-order valence-electron chi connectivity index (χ4n) is 1.85. The van der Waals surface area contributed by atoms with Crippen LogP contribution < -0.4 is 0 Å². The van der Waals surface area contributed by atoms with Crippen LogP contribution in [0, 0.1) is 6.92 Å². The number of hydrogen-bond acceptors (Lipinski definition) is 5. The average molecular weight is 314 g/mol. The molecule has 2 rings (SSSR count). The van der Waals surface area contributed by atoms with E-state index < -0.39 is 17.7 Å². The van der Waals surface area contributed by atoms with Crippen LogP contribution in [-0.4, -0.2) is 32.8 Å². The Labute approximate surface area is 123 Å². The molecule has 0 atom stereocenters. The first kappa shape index (κ1) is 15.9. The van der Waals surface area contributed by atoms with Crippen molar-refractivity contribution in [2.24, 2.45) is 0 Å². The van der Waals surface area contributed by atoms with Gasteiger partial charge in [-0.25, -0.2) is 4.79 Å². The van der Waals surface area contributed by atoms with Crippen LogP contribution >= 0.6 is 0 Å². The number of benzene rings is 1. The van der Waals surface area contributed by atoms with Gasteiger partial charge in [-0.2, -0.15) is 18.0 Å². The highest BCUT2D eigenvalue weighted by atomic mass is 19.4. The van der Waals surface area contributed by atoms with Gasteiger partial charge in [-0.3, -0.25) is 0 Å². The van der Waals surface area contributed by atoms with Crippen LogP contribution in [0.3, 0.4) is 0 Å². The molecule has 0 saturated heterocycles. The summed E-state index contributed by atoms with van der Waals surface area (Å²) < 4.78 is 43.3. The molecule has 118 valence electrons. The number of carbonyl (C=O) groups excluding carboxylic acids is 1. The van der Waals surface area contributed by atoms with Gasteiger partial charge in [0.1, 0.15) is 0 Å². The number of tetrazole rings is 1. The Morgan fingerprint density at radius 2 is 2.09 bits per heavy atom. The van der Waals surface area contributed by atoms with Crippen molar-refractivity contribution >= 4 is 5.97 Å². The second-order valence-electron chi connectivity index (χ2n) is 4.46. The Balaban J connectivity index is 2.42. The molecule has 1 aromatic heterocycles. The summed E-state index contributed by atoms with van der Waals surface area (Å²) in [6, 6.07) is 2.83. The molecule has 22 heavy (non-hydrogen) atoms. The van der Waals surface area contributed by atoms with E-state index in [-0.39, 0.29) is 24.3 Å². The van der Waals surface area contributed by atoms with Crippen molar-refractivity contribution in [3.05, 3.63) is 40.7 Å². The number of carbonyl (C=O) groups is 1. The molecule has 0 saturated carbocycles. The number of hydrogen-bond donors (Lipinski definition) is 0. The van der Waals surface area contributed by atoms with E-state index in [1.54, 1.807) is 13.8 Å². The third-order valence-corrected chi connectivity index (χ3v) is 2.79. The molecular formula is C13H13F3N4O2. The average Bonchev–Trinajstić information content (AvgIpc) is 2.83. The maximum Gasteiger partial charge on any atom is 0.416 e. The van der Waals surface area contributed by atoms with E-state index in [2.05, 4.69) is 15.4 Å². The zero-order valence-electron chi connectivity index (χ0n) is 11.9. The number of alkyl halides is 3. The Morgan fingerprint density at radius 3 is 2.64 bits per heavy atom. The quantitative estimate of drug-likeness (QED) is 0.809. The third-order valence-electron chi connectivity index (χ3n) is 2.79. The largest absolute Gasteiger partial charge is 0.462 e. The van der Waals surface area contributed by atoms with Crippen LogP contribution in [0.25, 0.3) is 0 Å². The summed E-state index contributed by atoms with van der Waals surface area (Å²) in [7, 11) is 0. The first-order chi connectivity index (χ1) is 10.3. The fourth-order valence-corrected chi connectivity index (χ4v) is 1.85. The van der Waals surface area contributed by atoms with Crippen LogP contribution in [0.2, 0.25) is 0 Å². The van der Waals surface area contributed by atoms with Gasteiger partial charge in [0.15, 0.2) is 5.82 Å². The molecule has 0 radical (unpaired) electrons. The SMILES string of the molecule is CCOC(=O)c1ccc(C(F)(F)F)cc1Cn1nnc(C)n1. The summed E-state index contributed by atoms with van der Waals surface area (Å²) in [6.45, 7) is 3.23. The van der Waals surface area contributed by atoms with Gasteiger partial charge in [0.2, 0.25) is 0 Å². The van der Waals surface area contributed by atoms with Gasteiger partial charge in [-0.15, -0.1) is 10.2 Å². The maximum atomic E-state index is 12.8. The molecule has 1 heterocycles. The molecule has 0 aliphatic rings. The van der Waals surface area contributed by atoms with E-state index in [1.807, 2.05) is 0 Å². The minimum absolute atomic E-state index is 0.0461. The Kier molecular flexibility index (Phi) is 4.43. The number of rotatable bonds is 4. The number of halogens is 3. The van der Waals surface area contributed by atoms with Gasteiger partial charge in [0, 0.05) is 0 Å². The molecule has 1 aromatic carbocycles. The highest BCUT2D eigenvalue weighted by molar-refractivity contribution is 5.91. The van der Waals surface area contributed by atoms with Crippen molar-refractivity contribution in [1.82, 2.24) is 20.2 Å². The third kappa shape index (κ3) is 3.60. The molecule has 0 amide bonds. The molecule has 0 N–H and O–H groups in total. The second-order valence-corrected chi connectivity index (χ2v) is 4.46. The van der Waals surface area contributed by atoms with Crippen LogP contribution in [0.15, 0.2) is 18.2 Å². The molecule has 6 nitrogen and oxygen atoms in total. The van der Waals surface area contributed by atoms with Crippen molar-refractivity contribution in [3.8, 4) is 0 Å². The lowest BCUT2D eigenvalue weighted by Gasteiger charge is -2.12. The highest BCUT2D eigenvalue weighted by Gasteiger charge is 2.31. The first-order valence-electron chi connectivity index (χ1n) is 6.43. The summed E-state index contributed by atoms with van der Waals surface area (Å²) in [4.78, 5) is 13.0. The maximum absolute atomic E-state index is 12.8. The van der Waals surface area contributed by atoms with Crippen molar-refractivity contribution < 1.29 is 22.7 Å². The van der Waals surface area contributed by atoms with E-state index in [9.17, 15) is 18.0 Å². The second kappa shape index (κ2) is 6.12.